The summed E-state index contributed by atoms with van der Waals surface area (Å²) < 4.78 is 21.2. The van der Waals surface area contributed by atoms with Crippen LogP contribution in [0.3, 0.4) is 0 Å². The highest BCUT2D eigenvalue weighted by molar-refractivity contribution is 6.30. The predicted molar refractivity (Wildman–Crippen MR) is 96.1 cm³/mol. The molecule has 0 aliphatic heterocycles. The number of ether oxygens (including phenoxy) is 1. The molecule has 0 radical (unpaired) electrons. The SMILES string of the molecule is COCC(C)(C)n1cc(-c2ccc(Cl)c(F)c2)c2ccc(C#N)nc21. The summed E-state index contributed by atoms with van der Waals surface area (Å²) in [5.41, 5.74) is 2.12. The number of methoxy groups -OCH3 is 1. The van der Waals surface area contributed by atoms with Crippen LogP contribution in [0.25, 0.3) is 22.2 Å². The van der Waals surface area contributed by atoms with E-state index in [9.17, 15) is 9.65 Å². The van der Waals surface area contributed by atoms with Crippen molar-refractivity contribution in [2.45, 2.75) is 19.4 Å². The predicted octanol–water partition coefficient (Wildman–Crippen LogP) is 4.75. The number of hydrogen-bond acceptors (Lipinski definition) is 3. The molecular formula is C19H17ClFN3O. The number of halogens is 2. The molecule has 0 fully saturated rings. The van der Waals surface area contributed by atoms with Gasteiger partial charge in [-0.05, 0) is 43.7 Å². The Labute approximate surface area is 150 Å². The van der Waals surface area contributed by atoms with Gasteiger partial charge in [0, 0.05) is 24.3 Å². The van der Waals surface area contributed by atoms with Gasteiger partial charge in [0.1, 0.15) is 23.2 Å². The molecule has 1 aromatic carbocycles. The number of aromatic nitrogens is 2. The summed E-state index contributed by atoms with van der Waals surface area (Å²) in [4.78, 5) is 4.45. The summed E-state index contributed by atoms with van der Waals surface area (Å²) in [6.45, 7) is 4.50. The van der Waals surface area contributed by atoms with Crippen LogP contribution in [0.1, 0.15) is 19.5 Å². The molecule has 0 aliphatic carbocycles. The molecule has 2 heterocycles. The third kappa shape index (κ3) is 3.11. The van der Waals surface area contributed by atoms with E-state index >= 15 is 0 Å². The van der Waals surface area contributed by atoms with E-state index in [1.54, 1.807) is 19.2 Å². The zero-order valence-corrected chi connectivity index (χ0v) is 14.9. The minimum Gasteiger partial charge on any atom is -0.382 e. The van der Waals surface area contributed by atoms with Gasteiger partial charge in [-0.2, -0.15) is 5.26 Å². The third-order valence-electron chi connectivity index (χ3n) is 4.15. The van der Waals surface area contributed by atoms with E-state index in [0.29, 0.717) is 23.5 Å². The maximum Gasteiger partial charge on any atom is 0.142 e. The minimum absolute atomic E-state index is 0.0806. The largest absolute Gasteiger partial charge is 0.382 e. The highest BCUT2D eigenvalue weighted by atomic mass is 35.5. The molecule has 0 saturated carbocycles. The van der Waals surface area contributed by atoms with Crippen LogP contribution >= 0.6 is 11.6 Å². The number of rotatable bonds is 4. The normalized spacial score (nSPS) is 11.7. The topological polar surface area (TPSA) is 50.8 Å². The number of hydrogen-bond donors (Lipinski definition) is 0. The van der Waals surface area contributed by atoms with Gasteiger partial charge in [-0.15, -0.1) is 0 Å². The molecule has 0 saturated heterocycles. The molecule has 0 spiro atoms. The monoisotopic (exact) mass is 357 g/mol. The molecule has 0 atom stereocenters. The molecule has 4 nitrogen and oxygen atoms in total. The molecule has 128 valence electrons. The average molecular weight is 358 g/mol. The second-order valence-corrected chi connectivity index (χ2v) is 6.87. The van der Waals surface area contributed by atoms with Gasteiger partial charge in [-0.3, -0.25) is 0 Å². The summed E-state index contributed by atoms with van der Waals surface area (Å²) in [5, 5.41) is 10.1. The second kappa shape index (κ2) is 6.47. The molecule has 25 heavy (non-hydrogen) atoms. The number of nitriles is 1. The van der Waals surface area contributed by atoms with Crippen LogP contribution in [0.2, 0.25) is 5.02 Å². The fourth-order valence-corrected chi connectivity index (χ4v) is 3.06. The van der Waals surface area contributed by atoms with E-state index in [4.69, 9.17) is 16.3 Å². The van der Waals surface area contributed by atoms with Crippen LogP contribution < -0.4 is 0 Å². The van der Waals surface area contributed by atoms with Gasteiger partial charge in [-0.1, -0.05) is 17.7 Å². The molecular weight excluding hydrogens is 341 g/mol. The van der Waals surface area contributed by atoms with Gasteiger partial charge in [-0.25, -0.2) is 9.37 Å². The second-order valence-electron chi connectivity index (χ2n) is 6.47. The summed E-state index contributed by atoms with van der Waals surface area (Å²) in [6.07, 6.45) is 1.92. The first-order valence-electron chi connectivity index (χ1n) is 7.74. The van der Waals surface area contributed by atoms with E-state index < -0.39 is 11.4 Å². The lowest BCUT2D eigenvalue weighted by molar-refractivity contribution is 0.112. The lowest BCUT2D eigenvalue weighted by Crippen LogP contribution is -2.31. The molecule has 0 N–H and O–H groups in total. The Hall–Kier alpha value is -2.42. The van der Waals surface area contributed by atoms with Gasteiger partial charge in [0.15, 0.2) is 0 Å². The van der Waals surface area contributed by atoms with Gasteiger partial charge < -0.3 is 9.30 Å². The maximum atomic E-state index is 13.9. The summed E-state index contributed by atoms with van der Waals surface area (Å²) in [6, 6.07) is 10.3. The Morgan fingerprint density at radius 3 is 2.72 bits per heavy atom. The Morgan fingerprint density at radius 1 is 1.32 bits per heavy atom. The first-order chi connectivity index (χ1) is 11.9. The molecule has 0 aliphatic rings. The third-order valence-corrected chi connectivity index (χ3v) is 4.45. The summed E-state index contributed by atoms with van der Waals surface area (Å²) in [7, 11) is 1.64. The van der Waals surface area contributed by atoms with Crippen LogP contribution in [0.5, 0.6) is 0 Å². The van der Waals surface area contributed by atoms with E-state index in [1.165, 1.54) is 12.1 Å². The standard InChI is InChI=1S/C19H17ClFN3O/c1-19(2,11-25-3)24-10-15(12-4-7-16(20)17(21)8-12)14-6-5-13(9-22)23-18(14)24/h4-8,10H,11H2,1-3H3. The van der Waals surface area contributed by atoms with Gasteiger partial charge in [0.25, 0.3) is 0 Å². The molecule has 0 amide bonds. The van der Waals surface area contributed by atoms with Crippen molar-refractivity contribution < 1.29 is 9.13 Å². The van der Waals surface area contributed by atoms with Crippen molar-refractivity contribution in [2.24, 2.45) is 0 Å². The Kier molecular flexibility index (Phi) is 4.51. The van der Waals surface area contributed by atoms with E-state index in [2.05, 4.69) is 11.1 Å². The molecule has 0 unspecified atom stereocenters. The van der Waals surface area contributed by atoms with E-state index in [-0.39, 0.29) is 5.02 Å². The Bertz CT molecular complexity index is 988. The van der Waals surface area contributed by atoms with Crippen molar-refractivity contribution in [3.8, 4) is 17.2 Å². The highest BCUT2D eigenvalue weighted by Gasteiger charge is 2.25. The average Bonchev–Trinajstić information content (AvgIpc) is 2.97. The lowest BCUT2D eigenvalue weighted by Gasteiger charge is -2.26. The van der Waals surface area contributed by atoms with Gasteiger partial charge >= 0.3 is 0 Å². The number of nitrogens with zero attached hydrogens (tertiary/aromatic N) is 3. The van der Waals surface area contributed by atoms with Crippen LogP contribution in [-0.4, -0.2) is 23.3 Å². The van der Waals surface area contributed by atoms with E-state index in [0.717, 1.165) is 10.9 Å². The smallest absolute Gasteiger partial charge is 0.142 e. The van der Waals surface area contributed by atoms with Crippen molar-refractivity contribution in [3.05, 3.63) is 53.1 Å². The fourth-order valence-electron chi connectivity index (χ4n) is 2.94. The van der Waals surface area contributed by atoms with Crippen LogP contribution in [0, 0.1) is 17.1 Å². The fraction of sp³-hybridized carbons (Fsp3) is 0.263. The number of fused-ring (bicyclic) bond motifs is 1. The van der Waals surface area contributed by atoms with Crippen molar-refractivity contribution in [3.63, 3.8) is 0 Å². The van der Waals surface area contributed by atoms with Gasteiger partial charge in [0.05, 0.1) is 17.2 Å². The van der Waals surface area contributed by atoms with Crippen molar-refractivity contribution >= 4 is 22.6 Å². The van der Waals surface area contributed by atoms with Crippen LogP contribution in [0.4, 0.5) is 4.39 Å². The zero-order chi connectivity index (χ0) is 18.2. The molecule has 3 aromatic rings. The van der Waals surface area contributed by atoms with Crippen LogP contribution in [-0.2, 0) is 10.3 Å². The highest BCUT2D eigenvalue weighted by Crippen LogP contribution is 2.34. The lowest BCUT2D eigenvalue weighted by atomic mass is 10.1. The van der Waals surface area contributed by atoms with Gasteiger partial charge in [0.2, 0.25) is 0 Å². The number of benzene rings is 1. The van der Waals surface area contributed by atoms with Crippen molar-refractivity contribution in [1.82, 2.24) is 9.55 Å². The van der Waals surface area contributed by atoms with Crippen molar-refractivity contribution in [2.75, 3.05) is 13.7 Å². The molecule has 0 bridgehead atoms. The quantitative estimate of drug-likeness (QED) is 0.677. The molecule has 3 rings (SSSR count). The van der Waals surface area contributed by atoms with E-state index in [1.807, 2.05) is 30.7 Å². The first kappa shape index (κ1) is 17.4. The Balaban J connectivity index is 2.30. The maximum absolute atomic E-state index is 13.9. The summed E-state index contributed by atoms with van der Waals surface area (Å²) >= 11 is 5.80. The Morgan fingerprint density at radius 2 is 2.08 bits per heavy atom. The summed E-state index contributed by atoms with van der Waals surface area (Å²) in [5.74, 6) is -0.474. The van der Waals surface area contributed by atoms with Crippen LogP contribution in [0.15, 0.2) is 36.5 Å². The van der Waals surface area contributed by atoms with Crippen molar-refractivity contribution in [1.29, 1.82) is 5.26 Å². The molecule has 6 heteroatoms. The zero-order valence-electron chi connectivity index (χ0n) is 14.2. The molecule has 2 aromatic heterocycles. The minimum atomic E-state index is -0.474. The first-order valence-corrected chi connectivity index (χ1v) is 8.12. The number of pyridine rings is 1.